The van der Waals surface area contributed by atoms with Crippen molar-refractivity contribution in [2.45, 2.75) is 33.7 Å². The predicted octanol–water partition coefficient (Wildman–Crippen LogP) is 0.975. The van der Waals surface area contributed by atoms with E-state index < -0.39 is 21.5 Å². The number of rotatable bonds is 6. The summed E-state index contributed by atoms with van der Waals surface area (Å²) in [4.78, 5) is 11.5. The van der Waals surface area contributed by atoms with Crippen LogP contribution < -0.4 is 5.32 Å². The fourth-order valence-corrected chi connectivity index (χ4v) is 2.17. The number of carbonyl (C=O) groups excluding carboxylic acids is 1. The fraction of sp³-hybridized carbons (Fsp3) is 0.636. The topological polar surface area (TPSA) is 81.1 Å². The summed E-state index contributed by atoms with van der Waals surface area (Å²) in [6.07, 6.45) is 0.945. The highest BCUT2D eigenvalue weighted by Gasteiger charge is 2.15. The second kappa shape index (κ2) is 5.99. The van der Waals surface area contributed by atoms with Crippen LogP contribution in [0.1, 0.15) is 26.0 Å². The summed E-state index contributed by atoms with van der Waals surface area (Å²) in [7, 11) is -3.30. The first-order valence-electron chi connectivity index (χ1n) is 5.92. The highest BCUT2D eigenvalue weighted by Crippen LogP contribution is 2.09. The molecular formula is C11H19N3O3S. The van der Waals surface area contributed by atoms with E-state index in [4.69, 9.17) is 0 Å². The monoisotopic (exact) mass is 273 g/mol. The first kappa shape index (κ1) is 14.7. The number of amides is 1. The largest absolute Gasteiger partial charge is 0.308 e. The van der Waals surface area contributed by atoms with Crippen molar-refractivity contribution in [1.82, 2.24) is 9.78 Å². The quantitative estimate of drug-likeness (QED) is 0.837. The van der Waals surface area contributed by atoms with Crippen LogP contribution in [0.25, 0.3) is 0 Å². The molecule has 6 nitrogen and oxygen atoms in total. The van der Waals surface area contributed by atoms with Gasteiger partial charge in [0.25, 0.3) is 0 Å². The molecular weight excluding hydrogens is 254 g/mol. The maximum atomic E-state index is 11.5. The summed E-state index contributed by atoms with van der Waals surface area (Å²) < 4.78 is 24.4. The number of hydrogen-bond acceptors (Lipinski definition) is 4. The van der Waals surface area contributed by atoms with Crippen LogP contribution in [0.15, 0.2) is 6.07 Å². The van der Waals surface area contributed by atoms with Gasteiger partial charge in [0, 0.05) is 24.1 Å². The van der Waals surface area contributed by atoms with Crippen molar-refractivity contribution < 1.29 is 13.2 Å². The van der Waals surface area contributed by atoms with Crippen LogP contribution in [-0.2, 0) is 21.2 Å². The summed E-state index contributed by atoms with van der Waals surface area (Å²) >= 11 is 0. The van der Waals surface area contributed by atoms with E-state index in [1.807, 2.05) is 13.8 Å². The number of sulfone groups is 1. The predicted molar refractivity (Wildman–Crippen MR) is 70.2 cm³/mol. The summed E-state index contributed by atoms with van der Waals surface area (Å²) in [5.41, 5.74) is 0.936. The Labute approximate surface area is 107 Å². The van der Waals surface area contributed by atoms with Gasteiger partial charge in [-0.3, -0.25) is 9.48 Å². The third-order valence-electron chi connectivity index (χ3n) is 2.47. The number of anilines is 1. The molecule has 1 amide bonds. The molecule has 0 spiro atoms. The van der Waals surface area contributed by atoms with Gasteiger partial charge >= 0.3 is 0 Å². The Hall–Kier alpha value is -1.37. The summed E-state index contributed by atoms with van der Waals surface area (Å²) in [5, 5.41) is 6.69. The lowest BCUT2D eigenvalue weighted by Gasteiger charge is -2.02. The van der Waals surface area contributed by atoms with Gasteiger partial charge in [-0.2, -0.15) is 5.10 Å². The lowest BCUT2D eigenvalue weighted by molar-refractivity contribution is -0.113. The maximum Gasteiger partial charge on any atom is 0.240 e. The average Bonchev–Trinajstić information content (AvgIpc) is 2.59. The molecule has 1 aromatic heterocycles. The van der Waals surface area contributed by atoms with Crippen LogP contribution >= 0.6 is 0 Å². The van der Waals surface area contributed by atoms with Crippen molar-refractivity contribution in [3.8, 4) is 0 Å². The molecule has 0 aliphatic heterocycles. The summed E-state index contributed by atoms with van der Waals surface area (Å²) in [5.74, 6) is -0.678. The van der Waals surface area contributed by atoms with Crippen LogP contribution in [-0.4, -0.2) is 35.6 Å². The Morgan fingerprint density at radius 3 is 2.67 bits per heavy atom. The summed E-state index contributed by atoms with van der Waals surface area (Å²) in [6.45, 7) is 6.21. The van der Waals surface area contributed by atoms with Gasteiger partial charge in [0.05, 0.1) is 0 Å². The van der Waals surface area contributed by atoms with Gasteiger partial charge in [-0.15, -0.1) is 0 Å². The Morgan fingerprint density at radius 2 is 2.11 bits per heavy atom. The number of carbonyl (C=O) groups is 1. The van der Waals surface area contributed by atoms with Crippen LogP contribution in [0.5, 0.6) is 0 Å². The first-order valence-corrected chi connectivity index (χ1v) is 7.74. The minimum atomic E-state index is -3.30. The second-order valence-corrected chi connectivity index (χ2v) is 6.47. The van der Waals surface area contributed by atoms with Gasteiger partial charge in [-0.05, 0) is 13.3 Å². The van der Waals surface area contributed by atoms with Gasteiger partial charge in [-0.1, -0.05) is 13.8 Å². The number of nitrogens with zero attached hydrogens (tertiary/aromatic N) is 2. The van der Waals surface area contributed by atoms with E-state index in [1.165, 1.54) is 6.92 Å². The molecule has 1 N–H and O–H groups in total. The summed E-state index contributed by atoms with van der Waals surface area (Å²) in [6, 6.07) is 1.73. The Balaban J connectivity index is 2.68. The molecule has 1 rings (SSSR count). The van der Waals surface area contributed by atoms with Crippen LogP contribution in [0.3, 0.4) is 0 Å². The maximum absolute atomic E-state index is 11.5. The zero-order valence-electron chi connectivity index (χ0n) is 10.9. The van der Waals surface area contributed by atoms with Gasteiger partial charge < -0.3 is 5.32 Å². The Bertz CT molecular complexity index is 520. The number of aromatic nitrogens is 2. The minimum absolute atomic E-state index is 0.0380. The second-order valence-electron chi connectivity index (χ2n) is 4.12. The number of hydrogen-bond donors (Lipinski definition) is 1. The normalized spacial score (nSPS) is 11.5. The van der Waals surface area contributed by atoms with Gasteiger partial charge in [0.15, 0.2) is 15.7 Å². The molecule has 0 saturated carbocycles. The van der Waals surface area contributed by atoms with Crippen molar-refractivity contribution in [2.75, 3.05) is 16.8 Å². The van der Waals surface area contributed by atoms with Crippen molar-refractivity contribution >= 4 is 21.6 Å². The number of nitrogens with one attached hydrogen (secondary N) is 1. The molecule has 0 aliphatic rings. The Kier molecular flexibility index (Phi) is 4.89. The van der Waals surface area contributed by atoms with E-state index in [2.05, 4.69) is 10.4 Å². The molecule has 102 valence electrons. The standard InChI is InChI=1S/C11H19N3O3S/c1-4-6-14-9(3)7-10(13-14)12-11(15)8-18(16,17)5-2/h7H,4-6,8H2,1-3H3,(H,12,13,15). The van der Waals surface area contributed by atoms with E-state index in [1.54, 1.807) is 10.7 Å². The zero-order chi connectivity index (χ0) is 13.8. The molecule has 0 fully saturated rings. The van der Waals surface area contributed by atoms with Gasteiger partial charge in [-0.25, -0.2) is 8.42 Å². The van der Waals surface area contributed by atoms with Crippen molar-refractivity contribution in [1.29, 1.82) is 0 Å². The highest BCUT2D eigenvalue weighted by molar-refractivity contribution is 7.92. The molecule has 0 bridgehead atoms. The molecule has 0 radical (unpaired) electrons. The lowest BCUT2D eigenvalue weighted by Crippen LogP contribution is -2.24. The molecule has 1 aromatic rings. The lowest BCUT2D eigenvalue weighted by atomic mass is 10.4. The van der Waals surface area contributed by atoms with Gasteiger partial charge in [0.2, 0.25) is 5.91 Å². The third kappa shape index (κ3) is 4.14. The van der Waals surface area contributed by atoms with E-state index in [0.29, 0.717) is 5.82 Å². The SMILES string of the molecule is CCCn1nc(NC(=O)CS(=O)(=O)CC)cc1C. The average molecular weight is 273 g/mol. The highest BCUT2D eigenvalue weighted by atomic mass is 32.2. The van der Waals surface area contributed by atoms with Crippen molar-refractivity contribution in [2.24, 2.45) is 0 Å². The fourth-order valence-electron chi connectivity index (χ4n) is 1.49. The Morgan fingerprint density at radius 1 is 1.44 bits per heavy atom. The van der Waals surface area contributed by atoms with E-state index >= 15 is 0 Å². The molecule has 0 aromatic carbocycles. The van der Waals surface area contributed by atoms with E-state index in [9.17, 15) is 13.2 Å². The minimum Gasteiger partial charge on any atom is -0.308 e. The molecule has 0 aliphatic carbocycles. The van der Waals surface area contributed by atoms with Crippen molar-refractivity contribution in [3.05, 3.63) is 11.8 Å². The molecule has 7 heteroatoms. The van der Waals surface area contributed by atoms with Crippen LogP contribution in [0.2, 0.25) is 0 Å². The molecule has 18 heavy (non-hydrogen) atoms. The number of aryl methyl sites for hydroxylation is 2. The zero-order valence-corrected chi connectivity index (χ0v) is 11.7. The molecule has 0 unspecified atom stereocenters. The van der Waals surface area contributed by atoms with Gasteiger partial charge in [0.1, 0.15) is 5.75 Å². The third-order valence-corrected chi connectivity index (χ3v) is 4.06. The smallest absolute Gasteiger partial charge is 0.240 e. The molecule has 1 heterocycles. The first-order chi connectivity index (χ1) is 8.38. The molecule has 0 saturated heterocycles. The molecule has 0 atom stereocenters. The van der Waals surface area contributed by atoms with E-state index in [0.717, 1.165) is 18.7 Å². The van der Waals surface area contributed by atoms with Crippen molar-refractivity contribution in [3.63, 3.8) is 0 Å². The van der Waals surface area contributed by atoms with Crippen LogP contribution in [0.4, 0.5) is 5.82 Å². The van der Waals surface area contributed by atoms with Crippen LogP contribution in [0, 0.1) is 6.92 Å². The van der Waals surface area contributed by atoms with E-state index in [-0.39, 0.29) is 5.75 Å².